The first kappa shape index (κ1) is 34.0. The average Bonchev–Trinajstić information content (AvgIpc) is 3.77. The number of halogens is 2. The number of ketones is 1. The molecule has 2 N–H and O–H groups in total. The lowest BCUT2D eigenvalue weighted by Crippen LogP contribution is -2.71. The lowest BCUT2D eigenvalue weighted by atomic mass is 9.87. The van der Waals surface area contributed by atoms with Crippen molar-refractivity contribution >= 4 is 56.4 Å². The van der Waals surface area contributed by atoms with Gasteiger partial charge in [0.2, 0.25) is 5.85 Å². The Morgan fingerprint density at radius 1 is 1.04 bits per heavy atom. The van der Waals surface area contributed by atoms with Crippen molar-refractivity contribution in [2.45, 2.75) is 82.4 Å². The number of ether oxygens (including phenoxy) is 2. The number of nitrogens with one attached hydrogen (secondary N) is 1. The Hall–Kier alpha value is -2.93. The van der Waals surface area contributed by atoms with Crippen LogP contribution in [0, 0.1) is 11.7 Å². The first-order valence-corrected chi connectivity index (χ1v) is 17.7. The highest BCUT2D eigenvalue weighted by atomic mass is 35.5. The number of anilines is 1. The minimum absolute atomic E-state index is 0.103. The molecular formula is C35H41ClFN3O6S. The van der Waals surface area contributed by atoms with E-state index in [4.69, 9.17) is 21.1 Å². The van der Waals surface area contributed by atoms with Gasteiger partial charge < -0.3 is 19.9 Å². The first-order chi connectivity index (χ1) is 22.7. The van der Waals surface area contributed by atoms with Gasteiger partial charge in [-0.1, -0.05) is 29.8 Å². The number of fused-ring (bicyclic) bond motifs is 1. The third-order valence-corrected chi connectivity index (χ3v) is 11.1. The van der Waals surface area contributed by atoms with E-state index in [0.29, 0.717) is 50.9 Å². The number of piperidine rings is 1. The van der Waals surface area contributed by atoms with Crippen LogP contribution in [0.15, 0.2) is 41.8 Å². The molecule has 2 aromatic carbocycles. The fourth-order valence-electron chi connectivity index (χ4n) is 7.35. The third kappa shape index (κ3) is 6.97. The standard InChI is InChI=1S/C35H41ClFN3O6S/c1-45-32-10-4-5-17-40(32)35(39-15-6-7-16-39,46-24-13-11-22(12-14-24)34(43)44)31(41)19-23-18-27(36)29(20-28(23)37)38-33(42)26-21-47-30-9-3-2-8-25(26)30/h2-3,8-9,18,20-22,24,32H,4-7,10-17,19H2,1H3,(H,38,42)(H,43,44). The molecule has 0 radical (unpaired) electrons. The predicted octanol–water partition coefficient (Wildman–Crippen LogP) is 6.93. The number of hydrogen-bond donors (Lipinski definition) is 2. The monoisotopic (exact) mass is 685 g/mol. The van der Waals surface area contributed by atoms with Crippen LogP contribution in [0.1, 0.15) is 73.7 Å². The maximum atomic E-state index is 15.9. The van der Waals surface area contributed by atoms with E-state index in [1.807, 2.05) is 29.2 Å². The summed E-state index contributed by atoms with van der Waals surface area (Å²) in [7, 11) is 1.63. The molecule has 2 atom stereocenters. The van der Waals surface area contributed by atoms with Crippen molar-refractivity contribution < 1.29 is 33.4 Å². The van der Waals surface area contributed by atoms with Crippen molar-refractivity contribution in [3.63, 3.8) is 0 Å². The highest BCUT2D eigenvalue weighted by Crippen LogP contribution is 2.39. The van der Waals surface area contributed by atoms with Crippen LogP contribution in [0.2, 0.25) is 5.02 Å². The first-order valence-electron chi connectivity index (χ1n) is 16.4. The summed E-state index contributed by atoms with van der Waals surface area (Å²) in [6.07, 6.45) is 5.27. The largest absolute Gasteiger partial charge is 0.481 e. The maximum Gasteiger partial charge on any atom is 0.306 e. The normalized spacial score (nSPS) is 23.9. The summed E-state index contributed by atoms with van der Waals surface area (Å²) >= 11 is 8.08. The Labute approximate surface area is 283 Å². The van der Waals surface area contributed by atoms with Gasteiger partial charge in [-0.15, -0.1) is 11.3 Å². The average molecular weight is 686 g/mol. The van der Waals surface area contributed by atoms with Crippen LogP contribution in [-0.4, -0.2) is 77.5 Å². The second-order valence-electron chi connectivity index (χ2n) is 12.7. The number of carboxylic acid groups (broad SMARTS) is 1. The lowest BCUT2D eigenvalue weighted by Gasteiger charge is -2.53. The smallest absolute Gasteiger partial charge is 0.306 e. The molecule has 0 bridgehead atoms. The number of carboxylic acids is 1. The Morgan fingerprint density at radius 2 is 1.77 bits per heavy atom. The Morgan fingerprint density at radius 3 is 2.49 bits per heavy atom. The molecule has 9 nitrogen and oxygen atoms in total. The second kappa shape index (κ2) is 14.7. The number of amides is 1. The Balaban J connectivity index is 1.29. The van der Waals surface area contributed by atoms with Crippen LogP contribution in [-0.2, 0) is 25.5 Å². The van der Waals surface area contributed by atoms with Crippen LogP contribution in [0.5, 0.6) is 0 Å². The zero-order chi connectivity index (χ0) is 33.1. The lowest BCUT2D eigenvalue weighted by molar-refractivity contribution is -0.290. The molecule has 1 aromatic heterocycles. The quantitative estimate of drug-likeness (QED) is 0.224. The molecule has 2 saturated heterocycles. The topological polar surface area (TPSA) is 108 Å². The highest BCUT2D eigenvalue weighted by Gasteiger charge is 2.55. The number of Topliss-reactive ketones (excluding diaryl/α,β-unsaturated/α-hetero) is 1. The predicted molar refractivity (Wildman–Crippen MR) is 179 cm³/mol. The molecule has 47 heavy (non-hydrogen) atoms. The van der Waals surface area contributed by atoms with Gasteiger partial charge in [-0.05, 0) is 81.5 Å². The number of carbonyl (C=O) groups excluding carboxylic acids is 2. The van der Waals surface area contributed by atoms with E-state index in [-0.39, 0.29) is 40.8 Å². The number of benzene rings is 2. The van der Waals surface area contributed by atoms with E-state index >= 15 is 4.39 Å². The molecule has 1 aliphatic carbocycles. The van der Waals surface area contributed by atoms with E-state index in [2.05, 4.69) is 10.2 Å². The molecule has 6 rings (SSSR count). The molecular weight excluding hydrogens is 645 g/mol. The molecule has 1 saturated carbocycles. The number of thiophene rings is 1. The fraction of sp³-hybridized carbons (Fsp3) is 0.514. The zero-order valence-corrected chi connectivity index (χ0v) is 28.1. The van der Waals surface area contributed by atoms with Gasteiger partial charge in [-0.25, -0.2) is 9.29 Å². The number of likely N-dealkylation sites (tertiary alicyclic amines) is 2. The summed E-state index contributed by atoms with van der Waals surface area (Å²) in [5, 5.41) is 15.0. The third-order valence-electron chi connectivity index (χ3n) is 9.82. The van der Waals surface area contributed by atoms with Crippen molar-refractivity contribution in [3.05, 3.63) is 63.7 Å². The molecule has 3 fully saturated rings. The summed E-state index contributed by atoms with van der Waals surface area (Å²) in [6, 6.07) is 10.1. The molecule has 0 spiro atoms. The van der Waals surface area contributed by atoms with E-state index in [1.165, 1.54) is 23.5 Å². The van der Waals surface area contributed by atoms with Gasteiger partial charge in [-0.2, -0.15) is 0 Å². The number of rotatable bonds is 11. The van der Waals surface area contributed by atoms with Crippen molar-refractivity contribution in [2.75, 3.05) is 32.1 Å². The summed E-state index contributed by atoms with van der Waals surface area (Å²) in [6.45, 7) is 1.83. The van der Waals surface area contributed by atoms with Gasteiger partial charge in [0, 0.05) is 48.6 Å². The van der Waals surface area contributed by atoms with E-state index in [9.17, 15) is 19.5 Å². The van der Waals surface area contributed by atoms with Crippen molar-refractivity contribution in [1.29, 1.82) is 0 Å². The molecule has 2 unspecified atom stereocenters. The molecule has 1 amide bonds. The SMILES string of the molecule is COC1CCCCN1C(OC1CCC(C(=O)O)CC1)(C(=O)Cc1cc(Cl)c(NC(=O)c2csc3ccccc23)cc1F)N1CCCC1. The molecule has 252 valence electrons. The van der Waals surface area contributed by atoms with Crippen LogP contribution in [0.4, 0.5) is 10.1 Å². The molecule has 3 aliphatic rings. The van der Waals surface area contributed by atoms with Crippen molar-refractivity contribution in [1.82, 2.24) is 9.80 Å². The van der Waals surface area contributed by atoms with Crippen LogP contribution in [0.25, 0.3) is 10.1 Å². The van der Waals surface area contributed by atoms with E-state index in [1.54, 1.807) is 12.5 Å². The van der Waals surface area contributed by atoms with Crippen LogP contribution >= 0.6 is 22.9 Å². The number of carbonyl (C=O) groups is 3. The Bertz CT molecular complexity index is 1620. The van der Waals surface area contributed by atoms with Gasteiger partial charge in [0.25, 0.3) is 5.91 Å². The molecule has 12 heteroatoms. The summed E-state index contributed by atoms with van der Waals surface area (Å²) < 4.78 is 29.7. The van der Waals surface area contributed by atoms with Gasteiger partial charge in [0.05, 0.1) is 28.3 Å². The molecule has 3 heterocycles. The van der Waals surface area contributed by atoms with Crippen molar-refractivity contribution in [3.8, 4) is 0 Å². The molecule has 3 aromatic rings. The van der Waals surface area contributed by atoms with Crippen LogP contribution in [0.3, 0.4) is 0 Å². The number of methoxy groups -OCH3 is 1. The zero-order valence-electron chi connectivity index (χ0n) is 26.5. The summed E-state index contributed by atoms with van der Waals surface area (Å²) in [5.41, 5.74) is 0.695. The van der Waals surface area contributed by atoms with Crippen molar-refractivity contribution in [2.24, 2.45) is 5.92 Å². The second-order valence-corrected chi connectivity index (χ2v) is 14.1. The van der Waals surface area contributed by atoms with Gasteiger partial charge in [0.1, 0.15) is 12.0 Å². The van der Waals surface area contributed by atoms with E-state index < -0.39 is 29.5 Å². The summed E-state index contributed by atoms with van der Waals surface area (Å²) in [5.74, 6) is -4.13. The minimum atomic E-state index is -1.51. The highest BCUT2D eigenvalue weighted by molar-refractivity contribution is 7.17. The molecule has 2 aliphatic heterocycles. The van der Waals surface area contributed by atoms with Gasteiger partial charge in [-0.3, -0.25) is 19.3 Å². The Kier molecular flexibility index (Phi) is 10.6. The van der Waals surface area contributed by atoms with E-state index in [0.717, 1.165) is 42.2 Å². The summed E-state index contributed by atoms with van der Waals surface area (Å²) in [4.78, 5) is 43.7. The van der Waals surface area contributed by atoms with Gasteiger partial charge in [0.15, 0.2) is 5.78 Å². The number of aliphatic carboxylic acids is 1. The van der Waals surface area contributed by atoms with Crippen LogP contribution < -0.4 is 5.32 Å². The van der Waals surface area contributed by atoms with Gasteiger partial charge >= 0.3 is 5.97 Å². The maximum absolute atomic E-state index is 15.9. The fourth-order valence-corrected chi connectivity index (χ4v) is 8.52. The number of hydrogen-bond acceptors (Lipinski definition) is 8. The number of nitrogens with zero attached hydrogens (tertiary/aromatic N) is 2. The minimum Gasteiger partial charge on any atom is -0.481 e.